The number of anilines is 2. The fourth-order valence-electron chi connectivity index (χ4n) is 4.25. The molecule has 0 radical (unpaired) electrons. The van der Waals surface area contributed by atoms with E-state index in [1.807, 2.05) is 53.1 Å². The summed E-state index contributed by atoms with van der Waals surface area (Å²) in [7, 11) is 0. The van der Waals surface area contributed by atoms with E-state index in [4.69, 9.17) is 0 Å². The summed E-state index contributed by atoms with van der Waals surface area (Å²) >= 11 is 1.83. The van der Waals surface area contributed by atoms with Gasteiger partial charge in [0, 0.05) is 49.2 Å². The van der Waals surface area contributed by atoms with E-state index in [1.54, 1.807) is 12.4 Å². The molecule has 1 fully saturated rings. The Balaban J connectivity index is 1.32. The van der Waals surface area contributed by atoms with Gasteiger partial charge in [-0.3, -0.25) is 9.69 Å². The second-order valence-corrected chi connectivity index (χ2v) is 8.84. The Hall–Kier alpha value is -2.90. The monoisotopic (exact) mass is 431 g/mol. The molecule has 3 heterocycles. The topological polar surface area (TPSA) is 52.6 Å². The van der Waals surface area contributed by atoms with Gasteiger partial charge in [0.15, 0.2) is 0 Å². The summed E-state index contributed by atoms with van der Waals surface area (Å²) in [6.07, 6.45) is 3.54. The number of nitrogens with zero attached hydrogens (tertiary/aromatic N) is 5. The Morgan fingerprint density at radius 3 is 2.39 bits per heavy atom. The molecule has 0 bridgehead atoms. The van der Waals surface area contributed by atoms with E-state index in [0.29, 0.717) is 6.54 Å². The lowest BCUT2D eigenvalue weighted by molar-refractivity contribution is -0.120. The van der Waals surface area contributed by atoms with Gasteiger partial charge in [-0.25, -0.2) is 9.97 Å². The van der Waals surface area contributed by atoms with Crippen LogP contribution in [-0.2, 0) is 4.79 Å². The fourth-order valence-corrected chi connectivity index (χ4v) is 5.41. The molecule has 2 aliphatic heterocycles. The van der Waals surface area contributed by atoms with E-state index in [9.17, 15) is 4.79 Å². The number of fused-ring (bicyclic) bond motifs is 1. The molecular weight excluding hydrogens is 406 g/mol. The molecule has 1 saturated heterocycles. The van der Waals surface area contributed by atoms with Crippen LogP contribution in [0, 0.1) is 0 Å². The van der Waals surface area contributed by atoms with Gasteiger partial charge in [0.2, 0.25) is 11.9 Å². The van der Waals surface area contributed by atoms with Crippen molar-refractivity contribution < 1.29 is 4.79 Å². The van der Waals surface area contributed by atoms with Crippen LogP contribution < -0.4 is 9.80 Å². The first-order valence-electron chi connectivity index (χ1n) is 10.6. The van der Waals surface area contributed by atoms with Crippen LogP contribution in [0.3, 0.4) is 0 Å². The van der Waals surface area contributed by atoms with Gasteiger partial charge < -0.3 is 9.80 Å². The van der Waals surface area contributed by atoms with Crippen molar-refractivity contribution >= 4 is 29.3 Å². The lowest BCUT2D eigenvalue weighted by atomic mass is 10.1. The van der Waals surface area contributed by atoms with Gasteiger partial charge in [0.05, 0.1) is 18.3 Å². The minimum atomic E-state index is 0.0487. The summed E-state index contributed by atoms with van der Waals surface area (Å²) in [5, 5.41) is 0. The number of aromatic nitrogens is 2. The molecule has 0 spiro atoms. The molecule has 7 heteroatoms. The number of hydrogen-bond donors (Lipinski definition) is 0. The van der Waals surface area contributed by atoms with E-state index in [0.717, 1.165) is 43.6 Å². The number of rotatable bonds is 4. The van der Waals surface area contributed by atoms with Crippen LogP contribution in [-0.4, -0.2) is 59.3 Å². The minimum Gasteiger partial charge on any atom is -0.338 e. The molecule has 31 heavy (non-hydrogen) atoms. The third-order valence-electron chi connectivity index (χ3n) is 5.85. The average Bonchev–Trinajstić information content (AvgIpc) is 2.85. The first-order valence-corrected chi connectivity index (χ1v) is 11.6. The van der Waals surface area contributed by atoms with Crippen LogP contribution in [0.2, 0.25) is 0 Å². The van der Waals surface area contributed by atoms with Crippen molar-refractivity contribution in [1.29, 1.82) is 0 Å². The van der Waals surface area contributed by atoms with Gasteiger partial charge in [0.1, 0.15) is 0 Å². The number of piperazine rings is 1. The van der Waals surface area contributed by atoms with E-state index in [-0.39, 0.29) is 11.9 Å². The van der Waals surface area contributed by atoms with Crippen molar-refractivity contribution in [2.45, 2.75) is 10.9 Å². The van der Waals surface area contributed by atoms with Crippen molar-refractivity contribution in [3.8, 4) is 0 Å². The van der Waals surface area contributed by atoms with Crippen LogP contribution in [0.1, 0.15) is 11.6 Å². The van der Waals surface area contributed by atoms with E-state index < -0.39 is 0 Å². The third kappa shape index (κ3) is 4.29. The Kier molecular flexibility index (Phi) is 5.86. The van der Waals surface area contributed by atoms with E-state index in [1.165, 1.54) is 10.5 Å². The summed E-state index contributed by atoms with van der Waals surface area (Å²) in [5.74, 6) is 1.79. The maximum atomic E-state index is 13.6. The highest BCUT2D eigenvalue weighted by Gasteiger charge is 2.33. The number of hydrogen-bond acceptors (Lipinski definition) is 6. The predicted octanol–water partition coefficient (Wildman–Crippen LogP) is 3.48. The fraction of sp³-hybridized carbons (Fsp3) is 0.292. The maximum absolute atomic E-state index is 13.6. The molecule has 0 saturated carbocycles. The number of benzene rings is 2. The van der Waals surface area contributed by atoms with Crippen molar-refractivity contribution in [1.82, 2.24) is 14.9 Å². The van der Waals surface area contributed by atoms with E-state index >= 15 is 0 Å². The number of amides is 1. The Labute approximate surface area is 186 Å². The first kappa shape index (κ1) is 20.0. The molecule has 0 aliphatic carbocycles. The first-order chi connectivity index (χ1) is 15.3. The molecule has 1 aromatic heterocycles. The zero-order valence-corrected chi connectivity index (χ0v) is 18.1. The lowest BCUT2D eigenvalue weighted by Crippen LogP contribution is -2.51. The second-order valence-electron chi connectivity index (χ2n) is 7.78. The lowest BCUT2D eigenvalue weighted by Gasteiger charge is -2.39. The Morgan fingerprint density at radius 2 is 1.61 bits per heavy atom. The highest BCUT2D eigenvalue weighted by atomic mass is 32.2. The summed E-state index contributed by atoms with van der Waals surface area (Å²) in [5.41, 5.74) is 2.21. The van der Waals surface area contributed by atoms with Gasteiger partial charge >= 0.3 is 0 Å². The van der Waals surface area contributed by atoms with Gasteiger partial charge in [-0.2, -0.15) is 0 Å². The summed E-state index contributed by atoms with van der Waals surface area (Å²) in [6.45, 7) is 3.72. The molecule has 0 N–H and O–H groups in total. The zero-order chi connectivity index (χ0) is 21.0. The van der Waals surface area contributed by atoms with Gasteiger partial charge in [-0.15, -0.1) is 11.8 Å². The van der Waals surface area contributed by atoms with Crippen molar-refractivity contribution in [3.63, 3.8) is 0 Å². The molecule has 0 unspecified atom stereocenters. The molecule has 6 nitrogen and oxygen atoms in total. The highest BCUT2D eigenvalue weighted by molar-refractivity contribution is 7.99. The summed E-state index contributed by atoms with van der Waals surface area (Å²) < 4.78 is 0. The largest absolute Gasteiger partial charge is 0.338 e. The predicted molar refractivity (Wildman–Crippen MR) is 125 cm³/mol. The van der Waals surface area contributed by atoms with Crippen LogP contribution in [0.15, 0.2) is 78.0 Å². The third-order valence-corrected chi connectivity index (χ3v) is 6.99. The van der Waals surface area contributed by atoms with Crippen LogP contribution in [0.4, 0.5) is 11.6 Å². The molecule has 1 amide bonds. The molecule has 3 aromatic rings. The SMILES string of the molecule is O=C(CN1CCN(c2ncccn2)CC1)N1c2ccccc2SC[C@H]1c1ccccc1. The van der Waals surface area contributed by atoms with Crippen LogP contribution >= 0.6 is 11.8 Å². The molecule has 158 valence electrons. The van der Waals surface area contributed by atoms with Crippen molar-refractivity contribution in [3.05, 3.63) is 78.6 Å². The number of para-hydroxylation sites is 1. The van der Waals surface area contributed by atoms with Crippen molar-refractivity contribution in [2.24, 2.45) is 0 Å². The van der Waals surface area contributed by atoms with E-state index in [2.05, 4.69) is 44.0 Å². The Morgan fingerprint density at radius 1 is 0.903 bits per heavy atom. The number of thioether (sulfide) groups is 1. The second kappa shape index (κ2) is 9.08. The Bertz CT molecular complexity index is 1020. The number of carbonyl (C=O) groups is 1. The minimum absolute atomic E-state index is 0.0487. The van der Waals surface area contributed by atoms with Gasteiger partial charge in [-0.1, -0.05) is 42.5 Å². The smallest absolute Gasteiger partial charge is 0.241 e. The highest BCUT2D eigenvalue weighted by Crippen LogP contribution is 2.43. The quantitative estimate of drug-likeness (QED) is 0.631. The molecular formula is C24H25N5OS. The summed E-state index contributed by atoms with van der Waals surface area (Å²) in [4.78, 5) is 29.9. The number of carbonyl (C=O) groups excluding carboxylic acids is 1. The molecule has 2 aromatic carbocycles. The maximum Gasteiger partial charge on any atom is 0.241 e. The van der Waals surface area contributed by atoms with Crippen LogP contribution in [0.5, 0.6) is 0 Å². The normalized spacial score (nSPS) is 19.2. The average molecular weight is 432 g/mol. The van der Waals surface area contributed by atoms with Gasteiger partial charge in [-0.05, 0) is 23.8 Å². The van der Waals surface area contributed by atoms with Crippen LogP contribution in [0.25, 0.3) is 0 Å². The molecule has 2 aliphatic rings. The van der Waals surface area contributed by atoms with Gasteiger partial charge in [0.25, 0.3) is 0 Å². The summed E-state index contributed by atoms with van der Waals surface area (Å²) in [6, 6.07) is 20.5. The molecule has 5 rings (SSSR count). The standard InChI is InChI=1S/C24H25N5OS/c30-23(17-27-13-15-28(16-14-27)24-25-11-6-12-26-24)29-20-9-4-5-10-22(20)31-18-21(29)19-7-2-1-3-8-19/h1-12,21H,13-18H2/t21-/m0/s1. The molecule has 1 atom stereocenters. The van der Waals surface area contributed by atoms with Crippen molar-refractivity contribution in [2.75, 3.05) is 48.3 Å². The zero-order valence-electron chi connectivity index (χ0n) is 17.3.